The number of halogens is 2. The monoisotopic (exact) mass is 307 g/mol. The summed E-state index contributed by atoms with van der Waals surface area (Å²) < 4.78 is 0. The second kappa shape index (κ2) is 7.32. The van der Waals surface area contributed by atoms with Gasteiger partial charge in [-0.2, -0.15) is 0 Å². The molecular weight excluding hydrogens is 293 g/mol. The predicted molar refractivity (Wildman–Crippen MR) is 83.6 cm³/mol. The molecule has 0 atom stereocenters. The fourth-order valence-electron chi connectivity index (χ4n) is 1.91. The van der Waals surface area contributed by atoms with Gasteiger partial charge in [0.15, 0.2) is 0 Å². The summed E-state index contributed by atoms with van der Waals surface area (Å²) in [7, 11) is 0. The van der Waals surface area contributed by atoms with Crippen molar-refractivity contribution in [2.45, 2.75) is 12.8 Å². The highest BCUT2D eigenvalue weighted by Gasteiger charge is 2.11. The molecule has 0 saturated heterocycles. The number of aryl methyl sites for hydroxylation is 1. The van der Waals surface area contributed by atoms with Gasteiger partial charge in [-0.15, -0.1) is 0 Å². The first-order chi connectivity index (χ1) is 9.68. The first-order valence-electron chi connectivity index (χ1n) is 6.44. The molecule has 20 heavy (non-hydrogen) atoms. The Hall–Kier alpha value is -1.51. The van der Waals surface area contributed by atoms with Gasteiger partial charge in [0, 0.05) is 6.54 Å². The Balaban J connectivity index is 1.82. The molecule has 2 aromatic rings. The third-order valence-corrected chi connectivity index (χ3v) is 3.79. The Morgan fingerprint density at radius 1 is 1.00 bits per heavy atom. The summed E-state index contributed by atoms with van der Waals surface area (Å²) in [6.07, 6.45) is 1.82. The van der Waals surface area contributed by atoms with E-state index in [1.54, 1.807) is 18.2 Å². The van der Waals surface area contributed by atoms with E-state index in [-0.39, 0.29) is 5.91 Å². The van der Waals surface area contributed by atoms with Crippen molar-refractivity contribution in [3.63, 3.8) is 0 Å². The zero-order valence-corrected chi connectivity index (χ0v) is 12.4. The molecule has 0 aliphatic heterocycles. The standard InChI is InChI=1S/C16H15Cl2NO/c17-14-10-4-9-13(15(14)18)16(20)19-11-5-8-12-6-2-1-3-7-12/h1-4,6-7,9-10H,5,8,11H2,(H,19,20). The van der Waals surface area contributed by atoms with E-state index in [0.717, 1.165) is 12.8 Å². The molecule has 4 heteroatoms. The summed E-state index contributed by atoms with van der Waals surface area (Å²) in [4.78, 5) is 12.0. The van der Waals surface area contributed by atoms with Crippen molar-refractivity contribution in [1.29, 1.82) is 0 Å². The normalized spacial score (nSPS) is 10.3. The van der Waals surface area contributed by atoms with Crippen molar-refractivity contribution >= 4 is 29.1 Å². The minimum absolute atomic E-state index is 0.189. The molecule has 0 fully saturated rings. The van der Waals surface area contributed by atoms with E-state index in [1.807, 2.05) is 18.2 Å². The predicted octanol–water partition coefficient (Wildman–Crippen LogP) is 4.36. The van der Waals surface area contributed by atoms with Crippen LogP contribution in [0.3, 0.4) is 0 Å². The van der Waals surface area contributed by atoms with Crippen LogP contribution in [0, 0.1) is 0 Å². The number of benzene rings is 2. The number of nitrogens with one attached hydrogen (secondary N) is 1. The minimum atomic E-state index is -0.189. The minimum Gasteiger partial charge on any atom is -0.352 e. The van der Waals surface area contributed by atoms with Crippen molar-refractivity contribution in [3.8, 4) is 0 Å². The van der Waals surface area contributed by atoms with Crippen LogP contribution in [-0.2, 0) is 6.42 Å². The molecule has 0 bridgehead atoms. The second-order valence-corrected chi connectivity index (χ2v) is 5.23. The lowest BCUT2D eigenvalue weighted by Crippen LogP contribution is -2.25. The molecule has 0 saturated carbocycles. The Kier molecular flexibility index (Phi) is 5.45. The molecule has 104 valence electrons. The Morgan fingerprint density at radius 3 is 2.50 bits per heavy atom. The number of carbonyl (C=O) groups excluding carboxylic acids is 1. The van der Waals surface area contributed by atoms with Gasteiger partial charge in [-0.05, 0) is 30.5 Å². The maximum Gasteiger partial charge on any atom is 0.252 e. The van der Waals surface area contributed by atoms with Crippen LogP contribution < -0.4 is 5.32 Å². The second-order valence-electron chi connectivity index (χ2n) is 4.45. The van der Waals surface area contributed by atoms with Crippen LogP contribution in [0.4, 0.5) is 0 Å². The Morgan fingerprint density at radius 2 is 1.75 bits per heavy atom. The van der Waals surface area contributed by atoms with Crippen LogP contribution in [0.2, 0.25) is 10.0 Å². The Bertz CT molecular complexity index is 584. The average Bonchev–Trinajstić information content (AvgIpc) is 2.47. The summed E-state index contributed by atoms with van der Waals surface area (Å²) in [5.74, 6) is -0.189. The molecule has 0 aliphatic rings. The van der Waals surface area contributed by atoms with Crippen LogP contribution in [-0.4, -0.2) is 12.5 Å². The molecule has 0 heterocycles. The Labute approximate surface area is 128 Å². The number of amides is 1. The van der Waals surface area contributed by atoms with Crippen LogP contribution >= 0.6 is 23.2 Å². The first kappa shape index (κ1) is 14.9. The highest BCUT2D eigenvalue weighted by molar-refractivity contribution is 6.43. The molecule has 0 aliphatic carbocycles. The van der Waals surface area contributed by atoms with Gasteiger partial charge in [-0.1, -0.05) is 59.6 Å². The van der Waals surface area contributed by atoms with Gasteiger partial charge < -0.3 is 5.32 Å². The molecule has 1 N–H and O–H groups in total. The van der Waals surface area contributed by atoms with Crippen LogP contribution in [0.1, 0.15) is 22.3 Å². The van der Waals surface area contributed by atoms with Gasteiger partial charge in [-0.25, -0.2) is 0 Å². The molecule has 2 rings (SSSR count). The number of hydrogen-bond acceptors (Lipinski definition) is 1. The van der Waals surface area contributed by atoms with Crippen molar-refractivity contribution in [2.75, 3.05) is 6.54 Å². The number of carbonyl (C=O) groups is 1. The van der Waals surface area contributed by atoms with Crippen molar-refractivity contribution in [1.82, 2.24) is 5.32 Å². The quantitative estimate of drug-likeness (QED) is 0.817. The lowest BCUT2D eigenvalue weighted by Gasteiger charge is -2.07. The SMILES string of the molecule is O=C(NCCCc1ccccc1)c1cccc(Cl)c1Cl. The van der Waals surface area contributed by atoms with Crippen LogP contribution in [0.15, 0.2) is 48.5 Å². The van der Waals surface area contributed by atoms with Gasteiger partial charge in [0.1, 0.15) is 0 Å². The zero-order chi connectivity index (χ0) is 14.4. The maximum atomic E-state index is 12.0. The van der Waals surface area contributed by atoms with Gasteiger partial charge in [0.25, 0.3) is 5.91 Å². The molecule has 0 aromatic heterocycles. The van der Waals surface area contributed by atoms with E-state index in [2.05, 4.69) is 17.4 Å². The van der Waals surface area contributed by atoms with E-state index >= 15 is 0 Å². The van der Waals surface area contributed by atoms with Crippen molar-refractivity contribution in [2.24, 2.45) is 0 Å². The topological polar surface area (TPSA) is 29.1 Å². The van der Waals surface area contributed by atoms with Crippen molar-refractivity contribution in [3.05, 3.63) is 69.7 Å². The third kappa shape index (κ3) is 3.99. The molecule has 2 aromatic carbocycles. The molecule has 0 spiro atoms. The molecule has 2 nitrogen and oxygen atoms in total. The van der Waals surface area contributed by atoms with Gasteiger partial charge in [0.05, 0.1) is 15.6 Å². The third-order valence-electron chi connectivity index (χ3n) is 2.97. The molecule has 1 amide bonds. The summed E-state index contributed by atoms with van der Waals surface area (Å²) in [6.45, 7) is 0.608. The fourth-order valence-corrected chi connectivity index (χ4v) is 2.30. The molecule has 0 unspecified atom stereocenters. The highest BCUT2D eigenvalue weighted by Crippen LogP contribution is 2.25. The molecule has 0 radical (unpaired) electrons. The van der Waals surface area contributed by atoms with E-state index in [9.17, 15) is 4.79 Å². The average molecular weight is 308 g/mol. The summed E-state index contributed by atoms with van der Waals surface area (Å²) in [5.41, 5.74) is 1.68. The van der Waals surface area contributed by atoms with E-state index < -0.39 is 0 Å². The lowest BCUT2D eigenvalue weighted by molar-refractivity contribution is 0.0953. The smallest absolute Gasteiger partial charge is 0.252 e. The fraction of sp³-hybridized carbons (Fsp3) is 0.188. The van der Waals surface area contributed by atoms with Crippen LogP contribution in [0.25, 0.3) is 0 Å². The largest absolute Gasteiger partial charge is 0.352 e. The summed E-state index contributed by atoms with van der Waals surface area (Å²) >= 11 is 11.9. The summed E-state index contributed by atoms with van der Waals surface area (Å²) in [5, 5.41) is 3.55. The lowest BCUT2D eigenvalue weighted by atomic mass is 10.1. The number of hydrogen-bond donors (Lipinski definition) is 1. The maximum absolute atomic E-state index is 12.0. The highest BCUT2D eigenvalue weighted by atomic mass is 35.5. The first-order valence-corrected chi connectivity index (χ1v) is 7.20. The van der Waals surface area contributed by atoms with E-state index in [0.29, 0.717) is 22.2 Å². The van der Waals surface area contributed by atoms with Crippen molar-refractivity contribution < 1.29 is 4.79 Å². The van der Waals surface area contributed by atoms with Gasteiger partial charge >= 0.3 is 0 Å². The van der Waals surface area contributed by atoms with Gasteiger partial charge in [-0.3, -0.25) is 4.79 Å². The summed E-state index contributed by atoms with van der Waals surface area (Å²) in [6, 6.07) is 15.2. The van der Waals surface area contributed by atoms with Gasteiger partial charge in [0.2, 0.25) is 0 Å². The molecular formula is C16H15Cl2NO. The zero-order valence-electron chi connectivity index (χ0n) is 10.9. The van der Waals surface area contributed by atoms with Crippen LogP contribution in [0.5, 0.6) is 0 Å². The van der Waals surface area contributed by atoms with E-state index in [1.165, 1.54) is 5.56 Å². The number of rotatable bonds is 5. The van der Waals surface area contributed by atoms with E-state index in [4.69, 9.17) is 23.2 Å².